The Hall–Kier alpha value is -3.82. The predicted octanol–water partition coefficient (Wildman–Crippen LogP) is 2.82. The van der Waals surface area contributed by atoms with E-state index in [1.54, 1.807) is 24.0 Å². The highest BCUT2D eigenvalue weighted by Gasteiger charge is 2.18. The predicted molar refractivity (Wildman–Crippen MR) is 113 cm³/mol. The average Bonchev–Trinajstić information content (AvgIpc) is 3.39. The molecule has 2 heterocycles. The van der Waals surface area contributed by atoms with Crippen LogP contribution in [0.25, 0.3) is 0 Å². The molecular formula is C21H25N5O5. The lowest BCUT2D eigenvalue weighted by Crippen LogP contribution is -2.23. The van der Waals surface area contributed by atoms with Crippen molar-refractivity contribution < 1.29 is 24.2 Å². The van der Waals surface area contributed by atoms with Gasteiger partial charge in [-0.05, 0) is 38.5 Å². The van der Waals surface area contributed by atoms with E-state index in [1.165, 1.54) is 17.1 Å². The summed E-state index contributed by atoms with van der Waals surface area (Å²) in [6.45, 7) is 7.03. The number of anilines is 1. The number of aromatic carboxylic acids is 1. The van der Waals surface area contributed by atoms with Crippen molar-refractivity contribution >= 4 is 17.6 Å². The maximum Gasteiger partial charge on any atom is 0.338 e. The highest BCUT2D eigenvalue weighted by Crippen LogP contribution is 2.29. The summed E-state index contributed by atoms with van der Waals surface area (Å²) in [5.74, 6) is -0.0577. The molecule has 0 radical (unpaired) electrons. The molecule has 10 nitrogen and oxygen atoms in total. The SMILES string of the molecule is CCOc1ccc(Cn2cc(NC(=O)C(C)n3cc(C(=O)O)cn3)cn2)cc1OCC. The Labute approximate surface area is 179 Å². The van der Waals surface area contributed by atoms with Gasteiger partial charge in [0, 0.05) is 12.4 Å². The maximum atomic E-state index is 12.5. The number of ether oxygens (including phenoxy) is 2. The van der Waals surface area contributed by atoms with Crippen molar-refractivity contribution in [1.82, 2.24) is 19.6 Å². The van der Waals surface area contributed by atoms with E-state index in [-0.39, 0.29) is 11.5 Å². The summed E-state index contributed by atoms with van der Waals surface area (Å²) in [6.07, 6.45) is 5.79. The van der Waals surface area contributed by atoms with Gasteiger partial charge in [0.2, 0.25) is 5.91 Å². The van der Waals surface area contributed by atoms with E-state index in [4.69, 9.17) is 14.6 Å². The normalized spacial score (nSPS) is 11.7. The van der Waals surface area contributed by atoms with E-state index in [0.717, 1.165) is 5.56 Å². The van der Waals surface area contributed by atoms with Gasteiger partial charge < -0.3 is 19.9 Å². The summed E-state index contributed by atoms with van der Waals surface area (Å²) in [7, 11) is 0. The lowest BCUT2D eigenvalue weighted by molar-refractivity contribution is -0.119. The van der Waals surface area contributed by atoms with Crippen LogP contribution in [-0.4, -0.2) is 49.8 Å². The maximum absolute atomic E-state index is 12.5. The monoisotopic (exact) mass is 427 g/mol. The molecule has 1 atom stereocenters. The fourth-order valence-electron chi connectivity index (χ4n) is 2.92. The molecule has 0 aliphatic rings. The molecule has 0 saturated carbocycles. The molecule has 164 valence electrons. The fraction of sp³-hybridized carbons (Fsp3) is 0.333. The van der Waals surface area contributed by atoms with Crippen molar-refractivity contribution in [3.63, 3.8) is 0 Å². The van der Waals surface area contributed by atoms with Crippen LogP contribution >= 0.6 is 0 Å². The van der Waals surface area contributed by atoms with Gasteiger partial charge in [-0.2, -0.15) is 10.2 Å². The van der Waals surface area contributed by atoms with E-state index >= 15 is 0 Å². The summed E-state index contributed by atoms with van der Waals surface area (Å²) in [5, 5.41) is 20.0. The molecule has 2 aromatic heterocycles. The Morgan fingerprint density at radius 1 is 1.10 bits per heavy atom. The van der Waals surface area contributed by atoms with Gasteiger partial charge in [0.25, 0.3) is 0 Å². The average molecular weight is 427 g/mol. The second-order valence-electron chi connectivity index (χ2n) is 6.75. The number of aromatic nitrogens is 4. The molecule has 10 heteroatoms. The number of nitrogens with zero attached hydrogens (tertiary/aromatic N) is 4. The Morgan fingerprint density at radius 3 is 2.52 bits per heavy atom. The van der Waals surface area contributed by atoms with Crippen LogP contribution in [0.2, 0.25) is 0 Å². The lowest BCUT2D eigenvalue weighted by Gasteiger charge is -2.12. The summed E-state index contributed by atoms with van der Waals surface area (Å²) in [4.78, 5) is 23.5. The Bertz CT molecular complexity index is 1060. The van der Waals surface area contributed by atoms with Crippen LogP contribution in [0.3, 0.4) is 0 Å². The third-order valence-electron chi connectivity index (χ3n) is 4.48. The molecule has 0 aliphatic heterocycles. The first-order valence-corrected chi connectivity index (χ1v) is 9.90. The first-order valence-electron chi connectivity index (χ1n) is 9.90. The van der Waals surface area contributed by atoms with Crippen molar-refractivity contribution in [3.05, 3.63) is 54.1 Å². The van der Waals surface area contributed by atoms with Crippen LogP contribution < -0.4 is 14.8 Å². The fourth-order valence-corrected chi connectivity index (χ4v) is 2.92. The lowest BCUT2D eigenvalue weighted by atomic mass is 10.2. The highest BCUT2D eigenvalue weighted by molar-refractivity contribution is 5.93. The van der Waals surface area contributed by atoms with Crippen molar-refractivity contribution in [2.45, 2.75) is 33.4 Å². The third-order valence-corrected chi connectivity index (χ3v) is 4.48. The zero-order valence-electron chi connectivity index (χ0n) is 17.6. The largest absolute Gasteiger partial charge is 0.490 e. The Morgan fingerprint density at radius 2 is 1.84 bits per heavy atom. The molecule has 0 saturated heterocycles. The van der Waals surface area contributed by atoms with E-state index in [2.05, 4.69) is 15.5 Å². The van der Waals surface area contributed by atoms with Gasteiger partial charge in [0.1, 0.15) is 6.04 Å². The molecule has 0 fully saturated rings. The van der Waals surface area contributed by atoms with Crippen LogP contribution in [0.1, 0.15) is 42.7 Å². The number of hydrogen-bond donors (Lipinski definition) is 2. The summed E-state index contributed by atoms with van der Waals surface area (Å²) in [5.41, 5.74) is 1.52. The van der Waals surface area contributed by atoms with Gasteiger partial charge in [0.15, 0.2) is 11.5 Å². The van der Waals surface area contributed by atoms with Crippen LogP contribution in [0.5, 0.6) is 11.5 Å². The number of carboxylic acids is 1. The minimum atomic E-state index is -1.10. The second kappa shape index (κ2) is 9.79. The van der Waals surface area contributed by atoms with Gasteiger partial charge >= 0.3 is 5.97 Å². The van der Waals surface area contributed by atoms with Gasteiger partial charge in [-0.1, -0.05) is 6.07 Å². The zero-order chi connectivity index (χ0) is 22.4. The topological polar surface area (TPSA) is 120 Å². The smallest absolute Gasteiger partial charge is 0.338 e. The molecule has 1 amide bonds. The molecule has 2 N–H and O–H groups in total. The quantitative estimate of drug-likeness (QED) is 0.510. The van der Waals surface area contributed by atoms with Crippen LogP contribution in [0.4, 0.5) is 5.69 Å². The van der Waals surface area contributed by atoms with Crippen molar-refractivity contribution in [3.8, 4) is 11.5 Å². The van der Waals surface area contributed by atoms with Gasteiger partial charge in [-0.15, -0.1) is 0 Å². The number of carbonyl (C=O) groups excluding carboxylic acids is 1. The number of nitrogens with one attached hydrogen (secondary N) is 1. The molecule has 1 aromatic carbocycles. The van der Waals surface area contributed by atoms with Gasteiger partial charge in [-0.25, -0.2) is 4.79 Å². The van der Waals surface area contributed by atoms with E-state index in [9.17, 15) is 9.59 Å². The number of hydrogen-bond acceptors (Lipinski definition) is 6. The molecular weight excluding hydrogens is 402 g/mol. The minimum Gasteiger partial charge on any atom is -0.490 e. The van der Waals surface area contributed by atoms with Gasteiger partial charge in [-0.3, -0.25) is 14.2 Å². The Balaban J connectivity index is 1.65. The van der Waals surface area contributed by atoms with E-state index in [0.29, 0.717) is 36.9 Å². The number of carbonyl (C=O) groups is 2. The number of amides is 1. The number of benzene rings is 1. The molecule has 31 heavy (non-hydrogen) atoms. The summed E-state index contributed by atoms with van der Waals surface area (Å²) < 4.78 is 14.2. The van der Waals surface area contributed by atoms with Crippen molar-refractivity contribution in [2.24, 2.45) is 0 Å². The van der Waals surface area contributed by atoms with Crippen LogP contribution in [0.15, 0.2) is 43.0 Å². The molecule has 0 bridgehead atoms. The minimum absolute atomic E-state index is 0.0225. The molecule has 1 unspecified atom stereocenters. The van der Waals surface area contributed by atoms with Crippen molar-refractivity contribution in [1.29, 1.82) is 0 Å². The van der Waals surface area contributed by atoms with Gasteiger partial charge in [0.05, 0.1) is 43.4 Å². The summed E-state index contributed by atoms with van der Waals surface area (Å²) >= 11 is 0. The molecule has 3 aromatic rings. The zero-order valence-corrected chi connectivity index (χ0v) is 17.6. The summed E-state index contributed by atoms with van der Waals surface area (Å²) in [6, 6.07) is 5.03. The van der Waals surface area contributed by atoms with Crippen LogP contribution in [0, 0.1) is 0 Å². The highest BCUT2D eigenvalue weighted by atomic mass is 16.5. The second-order valence-corrected chi connectivity index (χ2v) is 6.75. The van der Waals surface area contributed by atoms with Crippen LogP contribution in [-0.2, 0) is 11.3 Å². The van der Waals surface area contributed by atoms with E-state index < -0.39 is 12.0 Å². The standard InChI is InChI=1S/C21H25N5O5/c1-4-30-18-7-6-15(8-19(18)31-5-2)11-25-13-17(10-22-25)24-20(27)14(3)26-12-16(9-23-26)21(28)29/h6-10,12-14H,4-5,11H2,1-3H3,(H,24,27)(H,28,29). The first-order chi connectivity index (χ1) is 14.9. The molecule has 0 aliphatic carbocycles. The first kappa shape index (κ1) is 21.9. The third kappa shape index (κ3) is 5.41. The Kier molecular flexibility index (Phi) is 6.91. The number of carboxylic acid groups (broad SMARTS) is 1. The van der Waals surface area contributed by atoms with E-state index in [1.807, 2.05) is 32.0 Å². The molecule has 0 spiro atoms. The molecule has 3 rings (SSSR count). The number of rotatable bonds is 10. The van der Waals surface area contributed by atoms with Crippen molar-refractivity contribution in [2.75, 3.05) is 18.5 Å².